The Morgan fingerprint density at radius 2 is 1.58 bits per heavy atom. The number of rotatable bonds is 6. The summed E-state index contributed by atoms with van der Waals surface area (Å²) in [5.41, 5.74) is 0.348. The summed E-state index contributed by atoms with van der Waals surface area (Å²) in [6.07, 6.45) is 7.79. The predicted molar refractivity (Wildman–Crippen MR) is 93.6 cm³/mol. The summed E-state index contributed by atoms with van der Waals surface area (Å²) in [5.74, 6) is 1.70. The maximum Gasteiger partial charge on any atom is 0.306 e. The normalized spacial score (nSPS) is 31.6. The van der Waals surface area contributed by atoms with Gasteiger partial charge in [0.2, 0.25) is 0 Å². The zero-order valence-corrected chi connectivity index (χ0v) is 14.7. The van der Waals surface area contributed by atoms with Crippen molar-refractivity contribution in [2.75, 3.05) is 6.61 Å². The van der Waals surface area contributed by atoms with Gasteiger partial charge in [0.15, 0.2) is 12.4 Å². The largest absolute Gasteiger partial charge is 0.457 e. The fraction of sp³-hybridized carbons (Fsp3) is 0.600. The van der Waals surface area contributed by atoms with Crippen LogP contribution in [0.25, 0.3) is 0 Å². The standard InChI is InChI=1S/C20H23NO5/c22-18(16-1-3-17(4-2-16)21(24)25)12-26-19(23)11-20-8-13-5-14(9-20)7-15(6-13)10-20/h1-4,13-15H,5-12H2. The topological polar surface area (TPSA) is 86.5 Å². The molecule has 4 fully saturated rings. The summed E-state index contributed by atoms with van der Waals surface area (Å²) in [5, 5.41) is 10.7. The molecule has 6 heteroatoms. The molecule has 0 atom stereocenters. The van der Waals surface area contributed by atoms with E-state index in [0.717, 1.165) is 37.0 Å². The van der Waals surface area contributed by atoms with Gasteiger partial charge < -0.3 is 4.74 Å². The molecule has 6 nitrogen and oxygen atoms in total. The van der Waals surface area contributed by atoms with Gasteiger partial charge in [0.05, 0.1) is 11.3 Å². The van der Waals surface area contributed by atoms with Gasteiger partial charge >= 0.3 is 5.97 Å². The van der Waals surface area contributed by atoms with Gasteiger partial charge in [-0.3, -0.25) is 19.7 Å². The van der Waals surface area contributed by atoms with E-state index in [1.165, 1.54) is 43.5 Å². The fourth-order valence-corrected chi connectivity index (χ4v) is 5.86. The Hall–Kier alpha value is -2.24. The molecule has 0 heterocycles. The summed E-state index contributed by atoms with van der Waals surface area (Å²) in [6, 6.07) is 5.36. The summed E-state index contributed by atoms with van der Waals surface area (Å²) in [7, 11) is 0. The van der Waals surface area contributed by atoms with Gasteiger partial charge in [-0.2, -0.15) is 0 Å². The first-order valence-corrected chi connectivity index (χ1v) is 9.36. The molecule has 0 amide bonds. The number of nitro benzene ring substituents is 1. The smallest absolute Gasteiger partial charge is 0.306 e. The van der Waals surface area contributed by atoms with Gasteiger partial charge in [-0.05, 0) is 73.8 Å². The molecule has 26 heavy (non-hydrogen) atoms. The van der Waals surface area contributed by atoms with Gasteiger partial charge in [0, 0.05) is 17.7 Å². The summed E-state index contributed by atoms with van der Waals surface area (Å²) in [4.78, 5) is 34.6. The van der Waals surface area contributed by atoms with Crippen LogP contribution < -0.4 is 0 Å². The minimum absolute atomic E-state index is 0.0691. The Morgan fingerprint density at radius 3 is 2.08 bits per heavy atom. The molecule has 4 aliphatic rings. The Morgan fingerprint density at radius 1 is 1.04 bits per heavy atom. The average Bonchev–Trinajstić information content (AvgIpc) is 2.58. The molecule has 4 aliphatic carbocycles. The van der Waals surface area contributed by atoms with Crippen LogP contribution in [0.4, 0.5) is 5.69 Å². The maximum absolute atomic E-state index is 12.3. The van der Waals surface area contributed by atoms with E-state index in [0.29, 0.717) is 12.0 Å². The van der Waals surface area contributed by atoms with E-state index in [9.17, 15) is 19.7 Å². The van der Waals surface area contributed by atoms with Gasteiger partial charge in [-0.25, -0.2) is 0 Å². The molecule has 0 unspecified atom stereocenters. The van der Waals surface area contributed by atoms with Gasteiger partial charge in [-0.15, -0.1) is 0 Å². The molecule has 0 spiro atoms. The average molecular weight is 357 g/mol. The molecule has 138 valence electrons. The van der Waals surface area contributed by atoms with Gasteiger partial charge in [0.1, 0.15) is 0 Å². The molecule has 4 saturated carbocycles. The molecule has 4 bridgehead atoms. The number of nitro groups is 1. The molecule has 0 aromatic heterocycles. The lowest BCUT2D eigenvalue weighted by atomic mass is 9.49. The number of hydrogen-bond donors (Lipinski definition) is 0. The van der Waals surface area contributed by atoms with Crippen molar-refractivity contribution < 1.29 is 19.2 Å². The van der Waals surface area contributed by atoms with Crippen molar-refractivity contribution in [3.8, 4) is 0 Å². The van der Waals surface area contributed by atoms with Crippen molar-refractivity contribution in [2.24, 2.45) is 23.2 Å². The first-order chi connectivity index (χ1) is 12.4. The number of hydrogen-bond acceptors (Lipinski definition) is 5. The summed E-state index contributed by atoms with van der Waals surface area (Å²) < 4.78 is 5.25. The molecule has 0 radical (unpaired) electrons. The quantitative estimate of drug-likeness (QED) is 0.333. The molecule has 0 aliphatic heterocycles. The van der Waals surface area contributed by atoms with Crippen molar-refractivity contribution in [1.29, 1.82) is 0 Å². The second kappa shape index (κ2) is 6.49. The minimum Gasteiger partial charge on any atom is -0.457 e. The number of Topliss-reactive ketones (excluding diaryl/α,β-unsaturated/α-hetero) is 1. The second-order valence-corrected chi connectivity index (χ2v) is 8.48. The Labute approximate surface area is 152 Å². The van der Waals surface area contributed by atoms with Crippen LogP contribution in [0.5, 0.6) is 0 Å². The Bertz CT molecular complexity index is 704. The van der Waals surface area contributed by atoms with Crippen LogP contribution in [0.2, 0.25) is 0 Å². The molecular formula is C20H23NO5. The van der Waals surface area contributed by atoms with Crippen LogP contribution >= 0.6 is 0 Å². The SMILES string of the molecule is O=C(CC12CC3CC(CC(C3)C1)C2)OCC(=O)c1ccc([N+](=O)[O-])cc1. The van der Waals surface area contributed by atoms with Crippen molar-refractivity contribution in [1.82, 2.24) is 0 Å². The van der Waals surface area contributed by atoms with Crippen LogP contribution in [-0.4, -0.2) is 23.3 Å². The highest BCUT2D eigenvalue weighted by Crippen LogP contribution is 2.61. The predicted octanol–water partition coefficient (Wildman–Crippen LogP) is 3.93. The van der Waals surface area contributed by atoms with Crippen molar-refractivity contribution in [2.45, 2.75) is 44.9 Å². The van der Waals surface area contributed by atoms with E-state index in [-0.39, 0.29) is 29.5 Å². The van der Waals surface area contributed by atoms with Gasteiger partial charge in [0.25, 0.3) is 5.69 Å². The van der Waals surface area contributed by atoms with Crippen molar-refractivity contribution >= 4 is 17.4 Å². The van der Waals surface area contributed by atoms with Gasteiger partial charge in [-0.1, -0.05) is 0 Å². The highest BCUT2D eigenvalue weighted by atomic mass is 16.6. The molecule has 0 N–H and O–H groups in total. The first kappa shape index (κ1) is 17.2. The highest BCUT2D eigenvalue weighted by Gasteiger charge is 2.51. The molecule has 1 aromatic rings. The fourth-order valence-electron chi connectivity index (χ4n) is 5.86. The van der Waals surface area contributed by atoms with E-state index in [2.05, 4.69) is 0 Å². The van der Waals surface area contributed by atoms with E-state index in [1.807, 2.05) is 0 Å². The Kier molecular flexibility index (Phi) is 4.29. The van der Waals surface area contributed by atoms with E-state index < -0.39 is 4.92 Å². The van der Waals surface area contributed by atoms with Crippen LogP contribution in [0, 0.1) is 33.3 Å². The van der Waals surface area contributed by atoms with Crippen LogP contribution in [0.3, 0.4) is 0 Å². The van der Waals surface area contributed by atoms with E-state index in [4.69, 9.17) is 4.74 Å². The number of benzene rings is 1. The lowest BCUT2D eigenvalue weighted by molar-refractivity contribution is -0.384. The number of nitrogens with zero attached hydrogens (tertiary/aromatic N) is 1. The number of ether oxygens (including phenoxy) is 1. The molecule has 1 aromatic carbocycles. The van der Waals surface area contributed by atoms with E-state index in [1.54, 1.807) is 0 Å². The summed E-state index contributed by atoms with van der Waals surface area (Å²) >= 11 is 0. The number of ketones is 1. The third kappa shape index (κ3) is 3.37. The maximum atomic E-state index is 12.3. The zero-order chi connectivity index (χ0) is 18.3. The van der Waals surface area contributed by atoms with E-state index >= 15 is 0 Å². The minimum atomic E-state index is -0.514. The van der Waals surface area contributed by atoms with Crippen LogP contribution in [0.15, 0.2) is 24.3 Å². The van der Waals surface area contributed by atoms with Crippen molar-refractivity contribution in [3.05, 3.63) is 39.9 Å². The third-order valence-electron chi connectivity index (χ3n) is 6.45. The number of carbonyl (C=O) groups excluding carboxylic acids is 2. The monoisotopic (exact) mass is 357 g/mol. The Balaban J connectivity index is 1.31. The highest BCUT2D eigenvalue weighted by molar-refractivity contribution is 5.98. The zero-order valence-electron chi connectivity index (χ0n) is 14.7. The number of non-ortho nitro benzene ring substituents is 1. The molecule has 5 rings (SSSR count). The second-order valence-electron chi connectivity index (χ2n) is 8.48. The van der Waals surface area contributed by atoms with Crippen LogP contribution in [-0.2, 0) is 9.53 Å². The third-order valence-corrected chi connectivity index (χ3v) is 6.45. The van der Waals surface area contributed by atoms with Crippen LogP contribution in [0.1, 0.15) is 55.3 Å². The first-order valence-electron chi connectivity index (χ1n) is 9.36. The number of esters is 1. The number of carbonyl (C=O) groups is 2. The lowest BCUT2D eigenvalue weighted by Gasteiger charge is -2.56. The molecular weight excluding hydrogens is 334 g/mol. The molecule has 0 saturated heterocycles. The lowest BCUT2D eigenvalue weighted by Crippen LogP contribution is -2.47. The van der Waals surface area contributed by atoms with Crippen molar-refractivity contribution in [3.63, 3.8) is 0 Å². The summed E-state index contributed by atoms with van der Waals surface area (Å²) in [6.45, 7) is -0.303.